The van der Waals surface area contributed by atoms with E-state index in [1.807, 2.05) is 38.1 Å². The maximum Gasteiger partial charge on any atom is 0.225 e. The summed E-state index contributed by atoms with van der Waals surface area (Å²) in [6.45, 7) is 5.59. The Morgan fingerprint density at radius 1 is 1.07 bits per heavy atom. The van der Waals surface area contributed by atoms with Gasteiger partial charge in [0.05, 0.1) is 11.3 Å². The van der Waals surface area contributed by atoms with E-state index in [0.717, 1.165) is 11.1 Å². The fourth-order valence-corrected chi connectivity index (χ4v) is 3.06. The van der Waals surface area contributed by atoms with Crippen molar-refractivity contribution in [3.63, 3.8) is 0 Å². The quantitative estimate of drug-likeness (QED) is 0.667. The Bertz CT molecular complexity index is 1050. The molecule has 1 N–H and O–H groups in total. The molecule has 0 unspecified atom stereocenters. The van der Waals surface area contributed by atoms with Crippen molar-refractivity contribution in [3.05, 3.63) is 75.0 Å². The zero-order valence-electron chi connectivity index (χ0n) is 16.1. The molecule has 0 radical (unpaired) electrons. The molecule has 3 rings (SSSR count). The van der Waals surface area contributed by atoms with Gasteiger partial charge in [0.1, 0.15) is 11.5 Å². The van der Waals surface area contributed by atoms with Gasteiger partial charge in [0.2, 0.25) is 11.3 Å². The lowest BCUT2D eigenvalue weighted by Gasteiger charge is -2.18. The highest BCUT2D eigenvalue weighted by Crippen LogP contribution is 2.28. The Morgan fingerprint density at radius 3 is 2.32 bits per heavy atom. The number of aryl methyl sites for hydroxylation is 2. The maximum absolute atomic E-state index is 13.0. The lowest BCUT2D eigenvalue weighted by atomic mass is 10.0. The Hall–Kier alpha value is -2.92. The van der Waals surface area contributed by atoms with Crippen LogP contribution in [0.2, 0.25) is 5.02 Å². The van der Waals surface area contributed by atoms with Crippen molar-refractivity contribution in [2.45, 2.75) is 33.6 Å². The first-order chi connectivity index (χ1) is 13.4. The van der Waals surface area contributed by atoms with Crippen molar-refractivity contribution in [1.29, 1.82) is 0 Å². The smallest absolute Gasteiger partial charge is 0.225 e. The molecule has 0 aliphatic rings. The second-order valence-corrected chi connectivity index (χ2v) is 7.13. The van der Waals surface area contributed by atoms with Gasteiger partial charge >= 0.3 is 0 Å². The van der Waals surface area contributed by atoms with Crippen LogP contribution in [-0.4, -0.2) is 15.7 Å². The minimum Gasteiger partial charge on any atom is -0.310 e. The third-order valence-corrected chi connectivity index (χ3v) is 4.65. The van der Waals surface area contributed by atoms with Gasteiger partial charge in [-0.3, -0.25) is 9.59 Å². The Morgan fingerprint density at radius 2 is 1.71 bits per heavy atom. The lowest BCUT2D eigenvalue weighted by Crippen LogP contribution is -2.24. The zero-order valence-corrected chi connectivity index (χ0v) is 16.9. The average molecular weight is 396 g/mol. The first-order valence-electron chi connectivity index (χ1n) is 9.17. The highest BCUT2D eigenvalue weighted by molar-refractivity contribution is 6.30. The first kappa shape index (κ1) is 19.8. The van der Waals surface area contributed by atoms with Crippen LogP contribution in [0.15, 0.2) is 53.3 Å². The number of amides is 1. The van der Waals surface area contributed by atoms with Crippen LogP contribution in [0, 0.1) is 13.8 Å². The van der Waals surface area contributed by atoms with Gasteiger partial charge in [0.25, 0.3) is 0 Å². The summed E-state index contributed by atoms with van der Waals surface area (Å²) in [5.74, 6) is 0.198. The lowest BCUT2D eigenvalue weighted by molar-refractivity contribution is -0.116. The molecule has 0 bridgehead atoms. The monoisotopic (exact) mass is 395 g/mol. The molecule has 1 amide bonds. The van der Waals surface area contributed by atoms with E-state index in [2.05, 4.69) is 10.4 Å². The van der Waals surface area contributed by atoms with Crippen molar-refractivity contribution in [1.82, 2.24) is 9.78 Å². The van der Waals surface area contributed by atoms with Gasteiger partial charge in [-0.15, -0.1) is 0 Å². The first-order valence-corrected chi connectivity index (χ1v) is 9.55. The van der Waals surface area contributed by atoms with Crippen LogP contribution < -0.4 is 10.7 Å². The van der Waals surface area contributed by atoms with E-state index < -0.39 is 0 Å². The normalized spacial score (nSPS) is 10.7. The second kappa shape index (κ2) is 8.40. The fourth-order valence-electron chi connectivity index (χ4n) is 2.93. The van der Waals surface area contributed by atoms with Gasteiger partial charge in [0, 0.05) is 11.4 Å². The molecule has 3 aromatic rings. The van der Waals surface area contributed by atoms with E-state index in [4.69, 9.17) is 11.6 Å². The van der Waals surface area contributed by atoms with Gasteiger partial charge in [-0.2, -0.15) is 5.10 Å². The molecular weight excluding hydrogens is 374 g/mol. The van der Waals surface area contributed by atoms with Crippen molar-refractivity contribution < 1.29 is 4.79 Å². The van der Waals surface area contributed by atoms with Crippen LogP contribution in [0.4, 0.5) is 5.82 Å². The molecule has 0 aliphatic carbocycles. The van der Waals surface area contributed by atoms with Gasteiger partial charge in [-0.1, -0.05) is 48.4 Å². The van der Waals surface area contributed by atoms with E-state index in [1.54, 1.807) is 35.9 Å². The Labute approximate surface area is 169 Å². The van der Waals surface area contributed by atoms with Gasteiger partial charge < -0.3 is 5.32 Å². The molecule has 6 heteroatoms. The summed E-state index contributed by atoms with van der Waals surface area (Å²) in [6, 6.07) is 14.7. The van der Waals surface area contributed by atoms with Crippen molar-refractivity contribution >= 4 is 23.3 Å². The second-order valence-electron chi connectivity index (χ2n) is 6.69. The molecule has 0 saturated heterocycles. The van der Waals surface area contributed by atoms with Crippen LogP contribution in [0.25, 0.3) is 16.8 Å². The number of carbonyl (C=O) groups excluding carboxylic acids is 1. The largest absolute Gasteiger partial charge is 0.310 e. The molecule has 0 fully saturated rings. The van der Waals surface area contributed by atoms with E-state index >= 15 is 0 Å². The van der Waals surface area contributed by atoms with Gasteiger partial charge in [-0.25, -0.2) is 4.68 Å². The summed E-state index contributed by atoms with van der Waals surface area (Å²) in [5, 5.41) is 7.93. The molecule has 5 nitrogen and oxygen atoms in total. The van der Waals surface area contributed by atoms with Crippen molar-refractivity contribution in [2.24, 2.45) is 0 Å². The number of nitrogens with one attached hydrogen (secondary N) is 1. The predicted octanol–water partition coefficient (Wildman–Crippen LogP) is 4.91. The Kier molecular flexibility index (Phi) is 5.95. The number of hydrogen-bond donors (Lipinski definition) is 1. The van der Waals surface area contributed by atoms with Gasteiger partial charge in [0.15, 0.2) is 0 Å². The minimum atomic E-state index is -0.208. The van der Waals surface area contributed by atoms with E-state index in [9.17, 15) is 9.59 Å². The van der Waals surface area contributed by atoms with Crippen molar-refractivity contribution in [3.8, 4) is 16.8 Å². The number of rotatable bonds is 5. The fraction of sp³-hybridized carbons (Fsp3) is 0.227. The molecular formula is C22H22ClN3O2. The molecule has 0 saturated carbocycles. The molecule has 28 heavy (non-hydrogen) atoms. The van der Waals surface area contributed by atoms with Crippen LogP contribution >= 0.6 is 11.6 Å². The zero-order chi connectivity index (χ0) is 20.3. The van der Waals surface area contributed by atoms with Crippen LogP contribution in [0.3, 0.4) is 0 Å². The molecule has 144 valence electrons. The molecule has 0 atom stereocenters. The summed E-state index contributed by atoms with van der Waals surface area (Å²) >= 11 is 6.01. The summed E-state index contributed by atoms with van der Waals surface area (Å²) in [5.41, 5.74) is 3.08. The topological polar surface area (TPSA) is 64.0 Å². The summed E-state index contributed by atoms with van der Waals surface area (Å²) in [4.78, 5) is 25.4. The van der Waals surface area contributed by atoms with Crippen LogP contribution in [-0.2, 0) is 4.79 Å². The van der Waals surface area contributed by atoms with E-state index in [1.165, 1.54) is 0 Å². The number of nitrogens with zero attached hydrogens (tertiary/aromatic N) is 2. The van der Waals surface area contributed by atoms with Crippen LogP contribution in [0.5, 0.6) is 0 Å². The van der Waals surface area contributed by atoms with Crippen molar-refractivity contribution in [2.75, 3.05) is 5.32 Å². The number of hydrogen-bond acceptors (Lipinski definition) is 3. The highest BCUT2D eigenvalue weighted by Gasteiger charge is 2.20. The summed E-state index contributed by atoms with van der Waals surface area (Å²) < 4.78 is 1.59. The number of halogens is 1. The summed E-state index contributed by atoms with van der Waals surface area (Å²) in [7, 11) is 0. The molecule has 1 heterocycles. The Balaban J connectivity index is 2.29. The standard InChI is InChI=1S/C22H22ClN3O2/c1-4-5-19(27)24-22-20(16-8-6-14(2)7-9-16)21(28)15(3)25-26(22)18-12-10-17(23)11-13-18/h6-13H,4-5H2,1-3H3,(H,24,27). The number of aromatic nitrogens is 2. The average Bonchev–Trinajstić information content (AvgIpc) is 2.67. The molecule has 0 spiro atoms. The molecule has 0 aliphatic heterocycles. The third-order valence-electron chi connectivity index (χ3n) is 4.40. The molecule has 1 aromatic heterocycles. The highest BCUT2D eigenvalue weighted by atomic mass is 35.5. The maximum atomic E-state index is 13.0. The number of anilines is 1. The number of carbonyl (C=O) groups is 1. The SMILES string of the molecule is CCCC(=O)Nc1c(-c2ccc(C)cc2)c(=O)c(C)nn1-c1ccc(Cl)cc1. The van der Waals surface area contributed by atoms with E-state index in [0.29, 0.717) is 40.6 Å². The van der Waals surface area contributed by atoms with E-state index in [-0.39, 0.29) is 11.3 Å². The third kappa shape index (κ3) is 4.15. The predicted molar refractivity (Wildman–Crippen MR) is 113 cm³/mol. The van der Waals surface area contributed by atoms with Crippen LogP contribution in [0.1, 0.15) is 31.0 Å². The molecule has 2 aromatic carbocycles. The minimum absolute atomic E-state index is 0.163. The summed E-state index contributed by atoms with van der Waals surface area (Å²) in [6.07, 6.45) is 1.06. The van der Waals surface area contributed by atoms with Gasteiger partial charge in [-0.05, 0) is 50.1 Å². The number of benzene rings is 2.